The average molecular weight is 1000 g/mol. The van der Waals surface area contributed by atoms with E-state index in [-0.39, 0.29) is 37.0 Å². The minimum atomic E-state index is -0.808. The molecule has 2 fully saturated rings. The number of anilines is 2. The third-order valence-electron chi connectivity index (χ3n) is 13.9. The lowest BCUT2D eigenvalue weighted by Gasteiger charge is -2.31. The van der Waals surface area contributed by atoms with Crippen molar-refractivity contribution in [1.29, 1.82) is 5.26 Å². The number of benzene rings is 2. The van der Waals surface area contributed by atoms with Gasteiger partial charge in [-0.15, -0.1) is 11.3 Å². The number of hydrogen-bond donors (Lipinski definition) is 1. The first kappa shape index (κ1) is 50.2. The maximum atomic E-state index is 13.7. The molecule has 6 aromatic rings. The Labute approximate surface area is 421 Å². The highest BCUT2D eigenvalue weighted by atomic mass is 32.1. The van der Waals surface area contributed by atoms with E-state index in [0.29, 0.717) is 103 Å². The van der Waals surface area contributed by atoms with Crippen molar-refractivity contribution in [1.82, 2.24) is 39.0 Å². The van der Waals surface area contributed by atoms with Crippen LogP contribution in [0, 0.1) is 11.3 Å². The van der Waals surface area contributed by atoms with Crippen LogP contribution in [0.5, 0.6) is 11.5 Å². The van der Waals surface area contributed by atoms with Gasteiger partial charge in [0.05, 0.1) is 75.3 Å². The lowest BCUT2D eigenvalue weighted by molar-refractivity contribution is -0.151. The van der Waals surface area contributed by atoms with E-state index in [4.69, 9.17) is 43.9 Å². The van der Waals surface area contributed by atoms with E-state index in [1.54, 1.807) is 56.8 Å². The first-order chi connectivity index (χ1) is 35.0. The summed E-state index contributed by atoms with van der Waals surface area (Å²) in [4.78, 5) is 61.4. The molecule has 2 saturated heterocycles. The van der Waals surface area contributed by atoms with Crippen LogP contribution in [-0.2, 0) is 49.2 Å². The standard InChI is InChI=1S/C51H61N11O9S/c1-33-31-59(19-6-20-60(33)49-54-18-16-38(55-49)46-56-48(71-57-46)51(2)17-5-7-42-44(51)37(30-52)45(53)72-42)21-22-67-23-24-68-25-26-69-27-28-70-36-12-13-39-41(29-36)58(3)50(65)62(39)40-14-15-43(63)61(47(40)64)32-34-8-10-35(66-4)11-9-34/h8-13,16,18,29,33,40H,5-7,14-15,17,19-28,31-32,53H2,1-4H3/t33-,40?,51-/m0/s1. The number of nitrogen functional groups attached to an aromatic ring is 1. The Morgan fingerprint density at radius 2 is 1.67 bits per heavy atom. The number of nitrogens with two attached hydrogens (primary N) is 1. The van der Waals surface area contributed by atoms with Crippen molar-refractivity contribution in [2.45, 2.75) is 76.4 Å². The van der Waals surface area contributed by atoms with Crippen molar-refractivity contribution in [3.8, 4) is 29.1 Å². The van der Waals surface area contributed by atoms with Crippen LogP contribution in [0.25, 0.3) is 22.6 Å². The summed E-state index contributed by atoms with van der Waals surface area (Å²) >= 11 is 1.48. The zero-order valence-corrected chi connectivity index (χ0v) is 42.0. The van der Waals surface area contributed by atoms with Crippen LogP contribution in [-0.4, -0.2) is 136 Å². The topological polar surface area (TPSA) is 231 Å². The first-order valence-corrected chi connectivity index (χ1v) is 25.3. The van der Waals surface area contributed by atoms with Crippen molar-refractivity contribution in [3.63, 3.8) is 0 Å². The van der Waals surface area contributed by atoms with Crippen LogP contribution >= 0.6 is 11.3 Å². The molecule has 6 heterocycles. The van der Waals surface area contributed by atoms with Crippen LogP contribution in [0.2, 0.25) is 0 Å². The summed E-state index contributed by atoms with van der Waals surface area (Å²) in [5.74, 6) is 2.03. The van der Waals surface area contributed by atoms with E-state index >= 15 is 0 Å². The van der Waals surface area contributed by atoms with Crippen molar-refractivity contribution >= 4 is 45.1 Å². The molecule has 20 nitrogen and oxygen atoms in total. The number of imide groups is 1. The fraction of sp³-hybridized carbons (Fsp3) is 0.490. The molecule has 0 bridgehead atoms. The smallest absolute Gasteiger partial charge is 0.329 e. The van der Waals surface area contributed by atoms with Crippen LogP contribution in [0.1, 0.15) is 79.5 Å². The zero-order chi connectivity index (χ0) is 50.4. The van der Waals surface area contributed by atoms with Crippen molar-refractivity contribution in [2.75, 3.05) is 90.2 Å². The molecule has 0 spiro atoms. The fourth-order valence-electron chi connectivity index (χ4n) is 10.0. The number of methoxy groups -OCH3 is 1. The summed E-state index contributed by atoms with van der Waals surface area (Å²) in [6.45, 7) is 10.6. The molecule has 2 amide bonds. The van der Waals surface area contributed by atoms with E-state index in [1.807, 2.05) is 12.1 Å². The number of nitriles is 1. The second-order valence-corrected chi connectivity index (χ2v) is 19.7. The number of ether oxygens (including phenoxy) is 5. The van der Waals surface area contributed by atoms with Gasteiger partial charge in [0.15, 0.2) is 0 Å². The number of aryl methyl sites for hydroxylation is 2. The van der Waals surface area contributed by atoms with E-state index in [1.165, 1.54) is 25.4 Å². The van der Waals surface area contributed by atoms with Crippen LogP contribution in [0.3, 0.4) is 0 Å². The van der Waals surface area contributed by atoms with E-state index in [0.717, 1.165) is 67.9 Å². The Kier molecular flexibility index (Phi) is 15.6. The highest BCUT2D eigenvalue weighted by Gasteiger charge is 2.43. The molecule has 2 N–H and O–H groups in total. The molecule has 72 heavy (non-hydrogen) atoms. The second kappa shape index (κ2) is 22.4. The van der Waals surface area contributed by atoms with Gasteiger partial charge in [-0.3, -0.25) is 28.5 Å². The Bertz CT molecular complexity index is 2980. The van der Waals surface area contributed by atoms with Gasteiger partial charge in [0, 0.05) is 61.8 Å². The fourth-order valence-corrected chi connectivity index (χ4v) is 11.2. The summed E-state index contributed by atoms with van der Waals surface area (Å²) in [5, 5.41) is 14.8. The van der Waals surface area contributed by atoms with Crippen LogP contribution in [0.15, 0.2) is 64.0 Å². The third kappa shape index (κ3) is 10.6. The molecule has 9 rings (SSSR count). The molecule has 2 aliphatic heterocycles. The molecule has 21 heteroatoms. The monoisotopic (exact) mass is 1000 g/mol. The molecule has 2 aromatic carbocycles. The first-order valence-electron chi connectivity index (χ1n) is 24.5. The number of aromatic nitrogens is 6. The minimum absolute atomic E-state index is 0.116. The number of likely N-dealkylation sites (tertiary alicyclic amines) is 1. The number of carbonyl (C=O) groups excluding carboxylic acids is 2. The largest absolute Gasteiger partial charge is 0.497 e. The quantitative estimate of drug-likeness (QED) is 0.0759. The van der Waals surface area contributed by atoms with Gasteiger partial charge in [0.25, 0.3) is 5.91 Å². The molecular formula is C51H61N11O9S. The predicted molar refractivity (Wildman–Crippen MR) is 268 cm³/mol. The number of thiophene rings is 1. The summed E-state index contributed by atoms with van der Waals surface area (Å²) < 4.78 is 37.4. The van der Waals surface area contributed by atoms with Crippen molar-refractivity contribution < 1.29 is 37.8 Å². The van der Waals surface area contributed by atoms with Gasteiger partial charge in [0.2, 0.25) is 23.6 Å². The maximum Gasteiger partial charge on any atom is 0.329 e. The number of imidazole rings is 1. The number of piperidine rings is 1. The molecule has 0 saturated carbocycles. The van der Waals surface area contributed by atoms with E-state index in [9.17, 15) is 19.6 Å². The minimum Gasteiger partial charge on any atom is -0.497 e. The number of rotatable bonds is 20. The zero-order valence-electron chi connectivity index (χ0n) is 41.2. The molecule has 1 unspecified atom stereocenters. The van der Waals surface area contributed by atoms with Gasteiger partial charge >= 0.3 is 5.69 Å². The third-order valence-corrected chi connectivity index (χ3v) is 14.9. The molecular weight excluding hydrogens is 943 g/mol. The van der Waals surface area contributed by atoms with Gasteiger partial charge in [-0.1, -0.05) is 17.3 Å². The number of amides is 2. The lowest BCUT2D eigenvalue weighted by Crippen LogP contribution is -2.47. The lowest BCUT2D eigenvalue weighted by atomic mass is 9.72. The summed E-state index contributed by atoms with van der Waals surface area (Å²) in [6.07, 6.45) is 5.66. The average Bonchev–Trinajstić information content (AvgIpc) is 4.05. The summed E-state index contributed by atoms with van der Waals surface area (Å²) in [5.41, 5.74) is 9.27. The Balaban J connectivity index is 0.663. The molecule has 1 aliphatic carbocycles. The van der Waals surface area contributed by atoms with Gasteiger partial charge in [0.1, 0.15) is 40.9 Å². The van der Waals surface area contributed by atoms with Crippen LogP contribution < -0.4 is 25.8 Å². The predicted octanol–water partition coefficient (Wildman–Crippen LogP) is 5.27. The molecule has 4 aromatic heterocycles. The number of nitrogens with zero attached hydrogens (tertiary/aromatic N) is 10. The van der Waals surface area contributed by atoms with Gasteiger partial charge in [-0.05, 0) is 88.4 Å². The van der Waals surface area contributed by atoms with Crippen LogP contribution in [0.4, 0.5) is 10.9 Å². The van der Waals surface area contributed by atoms with Crippen molar-refractivity contribution in [3.05, 3.63) is 92.7 Å². The SMILES string of the molecule is COc1ccc(CN2C(=O)CCC(n3c(=O)n(C)c4cc(OCCOCCOCCOCCN5CCCN(c6nccc(-c7noc([C@@]8(C)CCCc9sc(N)c(C#N)c98)n7)n6)[C@@H](C)C5)ccc43)C2=O)cc1. The second-order valence-electron chi connectivity index (χ2n) is 18.6. The van der Waals surface area contributed by atoms with Gasteiger partial charge < -0.3 is 38.8 Å². The van der Waals surface area contributed by atoms with E-state index in [2.05, 4.69) is 39.9 Å². The molecule has 3 aliphatic rings. The number of fused-ring (bicyclic) bond motifs is 2. The maximum absolute atomic E-state index is 13.7. The number of hydrogen-bond acceptors (Lipinski definition) is 18. The molecule has 380 valence electrons. The molecule has 0 radical (unpaired) electrons. The summed E-state index contributed by atoms with van der Waals surface area (Å²) in [6, 6.07) is 16.0. The van der Waals surface area contributed by atoms with E-state index < -0.39 is 17.4 Å². The molecule has 3 atom stereocenters. The Hall–Kier alpha value is -6.70. The Morgan fingerprint density at radius 1 is 0.917 bits per heavy atom. The van der Waals surface area contributed by atoms with Crippen molar-refractivity contribution in [2.24, 2.45) is 7.05 Å². The summed E-state index contributed by atoms with van der Waals surface area (Å²) in [7, 11) is 3.24. The highest BCUT2D eigenvalue weighted by Crippen LogP contribution is 2.48. The van der Waals surface area contributed by atoms with Gasteiger partial charge in [-0.2, -0.15) is 10.2 Å². The highest BCUT2D eigenvalue weighted by molar-refractivity contribution is 7.16. The number of carbonyl (C=O) groups is 2. The normalized spacial score (nSPS) is 19.7. The van der Waals surface area contributed by atoms with Gasteiger partial charge in [-0.25, -0.2) is 14.8 Å². The Morgan fingerprint density at radius 3 is 2.43 bits per heavy atom.